The molecule has 3 unspecified atom stereocenters. The number of halogens is 1. The molecule has 1 fully saturated rings. The number of amides is 2. The fourth-order valence-electron chi connectivity index (χ4n) is 2.79. The van der Waals surface area contributed by atoms with Gasteiger partial charge in [0.05, 0.1) is 7.11 Å². The van der Waals surface area contributed by atoms with E-state index in [1.54, 1.807) is 31.4 Å². The number of nitrogens with one attached hydrogen (secondary N) is 3. The predicted molar refractivity (Wildman–Crippen MR) is 95.1 cm³/mol. The van der Waals surface area contributed by atoms with Crippen molar-refractivity contribution in [2.24, 2.45) is 0 Å². The molecule has 0 spiro atoms. The van der Waals surface area contributed by atoms with Crippen molar-refractivity contribution in [1.29, 1.82) is 0 Å². The third-order valence-corrected chi connectivity index (χ3v) is 4.33. The molecule has 2 amide bonds. The summed E-state index contributed by atoms with van der Waals surface area (Å²) in [6.07, 6.45) is -2.24. The second-order valence-electron chi connectivity index (χ2n) is 6.15. The molecule has 4 N–H and O–H groups in total. The Labute approximate surface area is 155 Å². The fraction of sp³-hybridized carbons (Fsp3) is 0.263. The summed E-state index contributed by atoms with van der Waals surface area (Å²) in [6.45, 7) is 0.233. The quantitative estimate of drug-likeness (QED) is 0.615. The molecule has 1 saturated heterocycles. The first-order valence-corrected chi connectivity index (χ1v) is 8.38. The SMILES string of the molecule is COc1ccc(CNC(=O)C2NC(c3ccc(F)cc3)NC(=O)C2O)cc1. The third kappa shape index (κ3) is 4.42. The molecule has 7 nitrogen and oxygen atoms in total. The number of hydrogen-bond acceptors (Lipinski definition) is 5. The summed E-state index contributed by atoms with van der Waals surface area (Å²) < 4.78 is 18.2. The fourth-order valence-corrected chi connectivity index (χ4v) is 2.79. The minimum absolute atomic E-state index is 0.233. The van der Waals surface area contributed by atoms with E-state index in [1.807, 2.05) is 0 Å². The van der Waals surface area contributed by atoms with Crippen LogP contribution in [0.1, 0.15) is 17.3 Å². The maximum atomic E-state index is 13.1. The molecule has 3 atom stereocenters. The van der Waals surface area contributed by atoms with Crippen LogP contribution in [0.3, 0.4) is 0 Å². The number of ether oxygens (including phenoxy) is 1. The average Bonchev–Trinajstić information content (AvgIpc) is 2.69. The molecule has 27 heavy (non-hydrogen) atoms. The Morgan fingerprint density at radius 2 is 1.85 bits per heavy atom. The molecule has 0 radical (unpaired) electrons. The summed E-state index contributed by atoms with van der Waals surface area (Å²) >= 11 is 0. The van der Waals surface area contributed by atoms with Crippen LogP contribution in [0.5, 0.6) is 5.75 Å². The van der Waals surface area contributed by atoms with Crippen molar-refractivity contribution in [3.05, 3.63) is 65.5 Å². The minimum Gasteiger partial charge on any atom is -0.497 e. The van der Waals surface area contributed by atoms with Crippen LogP contribution in [-0.2, 0) is 16.1 Å². The van der Waals surface area contributed by atoms with Crippen LogP contribution in [0.2, 0.25) is 0 Å². The van der Waals surface area contributed by atoms with Gasteiger partial charge < -0.3 is 20.5 Å². The van der Waals surface area contributed by atoms with Crippen LogP contribution in [0, 0.1) is 5.82 Å². The van der Waals surface area contributed by atoms with Crippen LogP contribution in [-0.4, -0.2) is 36.2 Å². The topological polar surface area (TPSA) is 99.7 Å². The smallest absolute Gasteiger partial charge is 0.252 e. The largest absolute Gasteiger partial charge is 0.497 e. The summed E-state index contributed by atoms with van der Waals surface area (Å²) in [5, 5.41) is 18.2. The van der Waals surface area contributed by atoms with Gasteiger partial charge in [0.15, 0.2) is 6.10 Å². The average molecular weight is 373 g/mol. The van der Waals surface area contributed by atoms with Gasteiger partial charge in [0.2, 0.25) is 5.91 Å². The molecule has 0 aliphatic carbocycles. The van der Waals surface area contributed by atoms with Gasteiger partial charge in [0.25, 0.3) is 5.91 Å². The monoisotopic (exact) mass is 373 g/mol. The molecule has 0 bridgehead atoms. The van der Waals surface area contributed by atoms with Crippen LogP contribution in [0.15, 0.2) is 48.5 Å². The molecular weight excluding hydrogens is 353 g/mol. The summed E-state index contributed by atoms with van der Waals surface area (Å²) in [4.78, 5) is 24.5. The zero-order valence-corrected chi connectivity index (χ0v) is 14.6. The molecule has 0 saturated carbocycles. The molecule has 8 heteroatoms. The van der Waals surface area contributed by atoms with Gasteiger partial charge in [-0.2, -0.15) is 0 Å². The van der Waals surface area contributed by atoms with Crippen LogP contribution < -0.4 is 20.7 Å². The normalized spacial score (nSPS) is 22.0. The lowest BCUT2D eigenvalue weighted by molar-refractivity contribution is -0.142. The highest BCUT2D eigenvalue weighted by Crippen LogP contribution is 2.17. The lowest BCUT2D eigenvalue weighted by Gasteiger charge is -2.34. The first-order valence-electron chi connectivity index (χ1n) is 8.38. The van der Waals surface area contributed by atoms with Gasteiger partial charge in [0, 0.05) is 6.54 Å². The van der Waals surface area contributed by atoms with Gasteiger partial charge in [-0.15, -0.1) is 0 Å². The summed E-state index contributed by atoms with van der Waals surface area (Å²) in [6, 6.07) is 11.5. The van der Waals surface area contributed by atoms with Gasteiger partial charge in [-0.3, -0.25) is 14.9 Å². The van der Waals surface area contributed by atoms with Gasteiger partial charge in [-0.05, 0) is 35.4 Å². The lowest BCUT2D eigenvalue weighted by atomic mass is 10.0. The maximum absolute atomic E-state index is 13.1. The van der Waals surface area contributed by atoms with Crippen molar-refractivity contribution in [2.75, 3.05) is 7.11 Å². The molecule has 1 heterocycles. The maximum Gasteiger partial charge on any atom is 0.252 e. The number of benzene rings is 2. The molecule has 0 aromatic heterocycles. The number of methoxy groups -OCH3 is 1. The number of rotatable bonds is 5. The molecule has 1 aliphatic heterocycles. The zero-order valence-electron chi connectivity index (χ0n) is 14.6. The van der Waals surface area contributed by atoms with E-state index in [4.69, 9.17) is 4.74 Å². The Kier molecular flexibility index (Phi) is 5.68. The predicted octanol–water partition coefficient (Wildman–Crippen LogP) is 0.598. The van der Waals surface area contributed by atoms with E-state index in [-0.39, 0.29) is 6.54 Å². The second kappa shape index (κ2) is 8.15. The van der Waals surface area contributed by atoms with Crippen molar-refractivity contribution < 1.29 is 23.8 Å². The number of aliphatic hydroxyl groups excluding tert-OH is 1. The van der Waals surface area contributed by atoms with E-state index >= 15 is 0 Å². The summed E-state index contributed by atoms with van der Waals surface area (Å²) in [5.41, 5.74) is 1.42. The van der Waals surface area contributed by atoms with Gasteiger partial charge >= 0.3 is 0 Å². The molecule has 2 aromatic rings. The van der Waals surface area contributed by atoms with Crippen molar-refractivity contribution in [3.63, 3.8) is 0 Å². The van der Waals surface area contributed by atoms with Crippen LogP contribution >= 0.6 is 0 Å². The first-order chi connectivity index (χ1) is 13.0. The lowest BCUT2D eigenvalue weighted by Crippen LogP contribution is -2.64. The Balaban J connectivity index is 1.66. The van der Waals surface area contributed by atoms with E-state index in [9.17, 15) is 19.1 Å². The van der Waals surface area contributed by atoms with E-state index in [1.165, 1.54) is 24.3 Å². The number of hydrogen-bond donors (Lipinski definition) is 4. The van der Waals surface area contributed by atoms with Crippen molar-refractivity contribution in [1.82, 2.24) is 16.0 Å². The Bertz CT molecular complexity index is 811. The highest BCUT2D eigenvalue weighted by molar-refractivity contribution is 5.93. The summed E-state index contributed by atoms with van der Waals surface area (Å²) in [5.74, 6) is -0.893. The first kappa shape index (κ1) is 18.8. The van der Waals surface area contributed by atoms with Crippen LogP contribution in [0.25, 0.3) is 0 Å². The molecule has 142 valence electrons. The number of carbonyl (C=O) groups is 2. The van der Waals surface area contributed by atoms with Gasteiger partial charge in [-0.25, -0.2) is 4.39 Å². The standard InChI is InChI=1S/C19H20FN3O4/c1-27-14-8-2-11(3-9-14)10-21-18(25)15-16(24)19(26)23-17(22-15)12-4-6-13(20)7-5-12/h2-9,15-17,22,24H,10H2,1H3,(H,21,25)(H,23,26). The second-order valence-corrected chi connectivity index (χ2v) is 6.15. The highest BCUT2D eigenvalue weighted by Gasteiger charge is 2.39. The highest BCUT2D eigenvalue weighted by atomic mass is 19.1. The zero-order chi connectivity index (χ0) is 19.4. The third-order valence-electron chi connectivity index (χ3n) is 4.33. The molecular formula is C19H20FN3O4. The van der Waals surface area contributed by atoms with Crippen molar-refractivity contribution >= 4 is 11.8 Å². The van der Waals surface area contributed by atoms with E-state index in [2.05, 4.69) is 16.0 Å². The molecule has 1 aliphatic rings. The Hall–Kier alpha value is -2.97. The number of aliphatic hydroxyl groups is 1. The van der Waals surface area contributed by atoms with Crippen molar-refractivity contribution in [3.8, 4) is 5.75 Å². The Morgan fingerprint density at radius 1 is 1.19 bits per heavy atom. The van der Waals surface area contributed by atoms with E-state index in [0.717, 1.165) is 5.56 Å². The number of carbonyl (C=O) groups excluding carboxylic acids is 2. The van der Waals surface area contributed by atoms with Crippen molar-refractivity contribution in [2.45, 2.75) is 24.9 Å². The molecule has 2 aromatic carbocycles. The van der Waals surface area contributed by atoms with E-state index < -0.39 is 35.9 Å². The Morgan fingerprint density at radius 3 is 2.48 bits per heavy atom. The molecule has 3 rings (SSSR count). The van der Waals surface area contributed by atoms with E-state index in [0.29, 0.717) is 11.3 Å². The van der Waals surface area contributed by atoms with Gasteiger partial charge in [-0.1, -0.05) is 24.3 Å². The summed E-state index contributed by atoms with van der Waals surface area (Å²) in [7, 11) is 1.56. The van der Waals surface area contributed by atoms with Gasteiger partial charge in [0.1, 0.15) is 23.8 Å². The van der Waals surface area contributed by atoms with Crippen LogP contribution in [0.4, 0.5) is 4.39 Å². The minimum atomic E-state index is -1.53.